The second kappa shape index (κ2) is 7.63. The van der Waals surface area contributed by atoms with Gasteiger partial charge in [-0.05, 0) is 24.3 Å². The SMILES string of the molecule is NC(=O)c1ccc(N2CCN(CC(=O)N3CCOCC3)CC2)cc1. The Morgan fingerprint density at radius 2 is 1.58 bits per heavy atom. The molecule has 0 saturated carbocycles. The molecule has 1 aromatic carbocycles. The van der Waals surface area contributed by atoms with Crippen molar-refractivity contribution in [2.24, 2.45) is 5.73 Å². The van der Waals surface area contributed by atoms with Gasteiger partial charge in [0, 0.05) is 50.5 Å². The van der Waals surface area contributed by atoms with Crippen LogP contribution >= 0.6 is 0 Å². The van der Waals surface area contributed by atoms with Crippen molar-refractivity contribution >= 4 is 17.5 Å². The van der Waals surface area contributed by atoms with Crippen LogP contribution in [-0.4, -0.2) is 80.6 Å². The van der Waals surface area contributed by atoms with Crippen molar-refractivity contribution in [2.75, 3.05) is 63.9 Å². The largest absolute Gasteiger partial charge is 0.378 e. The van der Waals surface area contributed by atoms with Crippen LogP contribution in [0.4, 0.5) is 5.69 Å². The molecular formula is C17H24N4O3. The monoisotopic (exact) mass is 332 g/mol. The van der Waals surface area contributed by atoms with Gasteiger partial charge in [-0.3, -0.25) is 14.5 Å². The average Bonchev–Trinajstić information content (AvgIpc) is 2.63. The van der Waals surface area contributed by atoms with Crippen LogP contribution in [-0.2, 0) is 9.53 Å². The molecule has 2 aliphatic heterocycles. The molecule has 0 atom stereocenters. The van der Waals surface area contributed by atoms with E-state index in [4.69, 9.17) is 10.5 Å². The Balaban J connectivity index is 1.48. The smallest absolute Gasteiger partial charge is 0.248 e. The second-order valence-electron chi connectivity index (χ2n) is 6.17. The number of carbonyl (C=O) groups excluding carboxylic acids is 2. The molecule has 24 heavy (non-hydrogen) atoms. The number of morpholine rings is 1. The lowest BCUT2D eigenvalue weighted by Crippen LogP contribution is -2.51. The number of piperazine rings is 1. The zero-order valence-corrected chi connectivity index (χ0v) is 13.8. The topological polar surface area (TPSA) is 79.1 Å². The van der Waals surface area contributed by atoms with E-state index in [2.05, 4.69) is 9.80 Å². The van der Waals surface area contributed by atoms with Crippen molar-refractivity contribution in [3.8, 4) is 0 Å². The highest BCUT2D eigenvalue weighted by molar-refractivity contribution is 5.93. The molecule has 0 radical (unpaired) electrons. The number of hydrogen-bond acceptors (Lipinski definition) is 5. The molecule has 0 bridgehead atoms. The van der Waals surface area contributed by atoms with Crippen LogP contribution in [0, 0.1) is 0 Å². The van der Waals surface area contributed by atoms with Gasteiger partial charge in [-0.15, -0.1) is 0 Å². The molecule has 7 heteroatoms. The third-order valence-electron chi connectivity index (χ3n) is 4.61. The summed E-state index contributed by atoms with van der Waals surface area (Å²) >= 11 is 0. The Labute approximate surface area is 141 Å². The minimum absolute atomic E-state index is 0.192. The maximum atomic E-state index is 12.3. The first-order valence-electron chi connectivity index (χ1n) is 8.36. The number of nitrogens with two attached hydrogens (primary N) is 1. The van der Waals surface area contributed by atoms with Crippen LogP contribution in [0.3, 0.4) is 0 Å². The highest BCUT2D eigenvalue weighted by Crippen LogP contribution is 2.17. The van der Waals surface area contributed by atoms with E-state index >= 15 is 0 Å². The maximum absolute atomic E-state index is 12.3. The molecule has 0 aromatic heterocycles. The first-order valence-corrected chi connectivity index (χ1v) is 8.36. The van der Waals surface area contributed by atoms with E-state index in [1.165, 1.54) is 0 Å². The highest BCUT2D eigenvalue weighted by Gasteiger charge is 2.23. The molecule has 7 nitrogen and oxygen atoms in total. The Hall–Kier alpha value is -2.12. The number of benzene rings is 1. The van der Waals surface area contributed by atoms with E-state index in [0.29, 0.717) is 38.4 Å². The van der Waals surface area contributed by atoms with Crippen molar-refractivity contribution in [1.82, 2.24) is 9.80 Å². The van der Waals surface area contributed by atoms with Gasteiger partial charge in [-0.1, -0.05) is 0 Å². The first-order chi connectivity index (χ1) is 11.6. The molecule has 3 rings (SSSR count). The van der Waals surface area contributed by atoms with E-state index in [0.717, 1.165) is 31.9 Å². The van der Waals surface area contributed by atoms with E-state index in [1.807, 2.05) is 17.0 Å². The zero-order valence-electron chi connectivity index (χ0n) is 13.8. The quantitative estimate of drug-likeness (QED) is 0.824. The standard InChI is InChI=1S/C17H24N4O3/c18-17(23)14-1-3-15(4-2-14)20-7-5-19(6-8-20)13-16(22)21-9-11-24-12-10-21/h1-4H,5-13H2,(H2,18,23). The number of rotatable bonds is 4. The molecule has 2 fully saturated rings. The summed E-state index contributed by atoms with van der Waals surface area (Å²) in [6, 6.07) is 7.36. The van der Waals surface area contributed by atoms with Gasteiger partial charge in [-0.2, -0.15) is 0 Å². The van der Waals surface area contributed by atoms with E-state index in [1.54, 1.807) is 12.1 Å². The van der Waals surface area contributed by atoms with Crippen molar-refractivity contribution in [3.05, 3.63) is 29.8 Å². The van der Waals surface area contributed by atoms with Gasteiger partial charge in [0.2, 0.25) is 11.8 Å². The zero-order chi connectivity index (χ0) is 16.9. The van der Waals surface area contributed by atoms with Gasteiger partial charge >= 0.3 is 0 Å². The Morgan fingerprint density at radius 1 is 0.958 bits per heavy atom. The normalized spacial score (nSPS) is 19.3. The van der Waals surface area contributed by atoms with Gasteiger partial charge in [0.25, 0.3) is 0 Å². The first kappa shape index (κ1) is 16.7. The van der Waals surface area contributed by atoms with Crippen LogP contribution in [0.5, 0.6) is 0 Å². The van der Waals surface area contributed by atoms with E-state index in [-0.39, 0.29) is 5.91 Å². The lowest BCUT2D eigenvalue weighted by Gasteiger charge is -2.37. The number of ether oxygens (including phenoxy) is 1. The number of hydrogen-bond donors (Lipinski definition) is 1. The molecule has 2 saturated heterocycles. The lowest BCUT2D eigenvalue weighted by atomic mass is 10.1. The van der Waals surface area contributed by atoms with Gasteiger partial charge in [0.15, 0.2) is 0 Å². The van der Waals surface area contributed by atoms with E-state index in [9.17, 15) is 9.59 Å². The fraction of sp³-hybridized carbons (Fsp3) is 0.529. The Morgan fingerprint density at radius 3 is 2.17 bits per heavy atom. The van der Waals surface area contributed by atoms with Crippen molar-refractivity contribution in [2.45, 2.75) is 0 Å². The summed E-state index contributed by atoms with van der Waals surface area (Å²) in [6.45, 7) is 6.60. The number of carbonyl (C=O) groups is 2. The summed E-state index contributed by atoms with van der Waals surface area (Å²) in [6.07, 6.45) is 0. The van der Waals surface area contributed by atoms with Gasteiger partial charge in [-0.25, -0.2) is 0 Å². The second-order valence-corrected chi connectivity index (χ2v) is 6.17. The van der Waals surface area contributed by atoms with Crippen LogP contribution in [0.2, 0.25) is 0 Å². The molecule has 130 valence electrons. The van der Waals surface area contributed by atoms with Crippen molar-refractivity contribution in [3.63, 3.8) is 0 Å². The number of nitrogens with zero attached hydrogens (tertiary/aromatic N) is 3. The van der Waals surface area contributed by atoms with Gasteiger partial charge in [0.1, 0.15) is 0 Å². The predicted octanol–water partition coefficient (Wildman–Crippen LogP) is -0.234. The number of primary amides is 1. The highest BCUT2D eigenvalue weighted by atomic mass is 16.5. The van der Waals surface area contributed by atoms with Gasteiger partial charge < -0.3 is 20.3 Å². The van der Waals surface area contributed by atoms with Crippen molar-refractivity contribution in [1.29, 1.82) is 0 Å². The average molecular weight is 332 g/mol. The van der Waals surface area contributed by atoms with Gasteiger partial charge in [0.05, 0.1) is 19.8 Å². The Kier molecular flexibility index (Phi) is 5.32. The summed E-state index contributed by atoms with van der Waals surface area (Å²) in [4.78, 5) is 29.8. The maximum Gasteiger partial charge on any atom is 0.248 e. The van der Waals surface area contributed by atoms with Crippen LogP contribution in [0.15, 0.2) is 24.3 Å². The minimum Gasteiger partial charge on any atom is -0.378 e. The molecule has 0 unspecified atom stereocenters. The molecule has 2 amide bonds. The van der Waals surface area contributed by atoms with Crippen LogP contribution < -0.4 is 10.6 Å². The van der Waals surface area contributed by atoms with Crippen molar-refractivity contribution < 1.29 is 14.3 Å². The lowest BCUT2D eigenvalue weighted by molar-refractivity contribution is -0.136. The molecule has 2 aliphatic rings. The van der Waals surface area contributed by atoms with E-state index < -0.39 is 5.91 Å². The number of amides is 2. The fourth-order valence-corrected chi connectivity index (χ4v) is 3.10. The fourth-order valence-electron chi connectivity index (χ4n) is 3.10. The Bertz CT molecular complexity index is 576. The summed E-state index contributed by atoms with van der Waals surface area (Å²) in [5, 5.41) is 0. The molecular weight excluding hydrogens is 308 g/mol. The summed E-state index contributed by atoms with van der Waals surface area (Å²) in [5.74, 6) is -0.217. The third-order valence-corrected chi connectivity index (χ3v) is 4.61. The summed E-state index contributed by atoms with van der Waals surface area (Å²) in [5.41, 5.74) is 6.87. The minimum atomic E-state index is -0.409. The summed E-state index contributed by atoms with van der Waals surface area (Å²) < 4.78 is 5.28. The molecule has 2 N–H and O–H groups in total. The number of anilines is 1. The molecule has 1 aromatic rings. The third kappa shape index (κ3) is 4.04. The summed E-state index contributed by atoms with van der Waals surface area (Å²) in [7, 11) is 0. The predicted molar refractivity (Wildman–Crippen MR) is 91.0 cm³/mol. The molecule has 0 aliphatic carbocycles. The van der Waals surface area contributed by atoms with Crippen LogP contribution in [0.25, 0.3) is 0 Å². The molecule has 0 spiro atoms. The van der Waals surface area contributed by atoms with Crippen LogP contribution in [0.1, 0.15) is 10.4 Å². The molecule has 2 heterocycles.